The molecule has 19 heavy (non-hydrogen) atoms. The van der Waals surface area contributed by atoms with Gasteiger partial charge in [-0.1, -0.05) is 26.0 Å². The molecular weight excluding hydrogens is 326 g/mol. The zero-order valence-corrected chi connectivity index (χ0v) is 13.6. The van der Waals surface area contributed by atoms with E-state index in [0.717, 1.165) is 12.8 Å². The lowest BCUT2D eigenvalue weighted by Gasteiger charge is -2.37. The Morgan fingerprint density at radius 1 is 1.21 bits per heavy atom. The Hall–Kier alpha value is -0.390. The van der Waals surface area contributed by atoms with E-state index in [0.29, 0.717) is 15.3 Å². The summed E-state index contributed by atoms with van der Waals surface area (Å²) in [6.45, 7) is 4.13. The summed E-state index contributed by atoms with van der Waals surface area (Å²) in [5, 5.41) is -0.484. The smallest absolute Gasteiger partial charge is 0.184 e. The summed E-state index contributed by atoms with van der Waals surface area (Å²) in [5.41, 5.74) is 6.14. The van der Waals surface area contributed by atoms with Crippen LogP contribution in [0.25, 0.3) is 0 Å². The van der Waals surface area contributed by atoms with Gasteiger partial charge in [0, 0.05) is 10.5 Å². The van der Waals surface area contributed by atoms with Gasteiger partial charge < -0.3 is 5.73 Å². The van der Waals surface area contributed by atoms with Crippen molar-refractivity contribution in [3.63, 3.8) is 0 Å². The first kappa shape index (κ1) is 15.0. The summed E-state index contributed by atoms with van der Waals surface area (Å²) in [7, 11) is -3.39. The fraction of sp³-hybridized carbons (Fsp3) is 0.571. The number of benzene rings is 1. The predicted molar refractivity (Wildman–Crippen MR) is 80.7 cm³/mol. The Kier molecular flexibility index (Phi) is 4.38. The van der Waals surface area contributed by atoms with Gasteiger partial charge in [0.15, 0.2) is 9.84 Å². The van der Waals surface area contributed by atoms with E-state index in [-0.39, 0.29) is 12.0 Å². The van der Waals surface area contributed by atoms with Gasteiger partial charge >= 0.3 is 0 Å². The molecule has 2 rings (SSSR count). The first-order valence-corrected chi connectivity index (χ1v) is 8.92. The Morgan fingerprint density at radius 3 is 2.42 bits per heavy atom. The average Bonchev–Trinajstić information content (AvgIpc) is 2.27. The maximum absolute atomic E-state index is 12.8. The third kappa shape index (κ3) is 2.88. The van der Waals surface area contributed by atoms with Crippen molar-refractivity contribution in [3.8, 4) is 0 Å². The molecule has 0 saturated heterocycles. The highest BCUT2D eigenvalue weighted by molar-refractivity contribution is 9.10. The summed E-state index contributed by atoms with van der Waals surface area (Å²) in [4.78, 5) is 0.358. The molecule has 0 aliphatic heterocycles. The van der Waals surface area contributed by atoms with Crippen molar-refractivity contribution >= 4 is 25.8 Å². The molecule has 0 spiro atoms. The van der Waals surface area contributed by atoms with Crippen molar-refractivity contribution in [2.24, 2.45) is 17.6 Å². The van der Waals surface area contributed by atoms with Crippen molar-refractivity contribution in [1.82, 2.24) is 0 Å². The molecule has 3 nitrogen and oxygen atoms in total. The summed E-state index contributed by atoms with van der Waals surface area (Å²) >= 11 is 3.33. The van der Waals surface area contributed by atoms with Crippen LogP contribution >= 0.6 is 15.9 Å². The van der Waals surface area contributed by atoms with E-state index in [1.807, 2.05) is 13.0 Å². The van der Waals surface area contributed by atoms with Crippen LogP contribution in [0, 0.1) is 11.8 Å². The molecule has 106 valence electrons. The highest BCUT2D eigenvalue weighted by Crippen LogP contribution is 2.36. The van der Waals surface area contributed by atoms with Crippen LogP contribution in [0.2, 0.25) is 0 Å². The SMILES string of the molecule is CC1CC(C)C(S(=O)(=O)c2ccccc2Br)C(N)C1. The number of hydrogen-bond acceptors (Lipinski definition) is 3. The first-order chi connectivity index (χ1) is 8.84. The molecule has 4 unspecified atom stereocenters. The van der Waals surface area contributed by atoms with Gasteiger partial charge in [-0.25, -0.2) is 8.42 Å². The average molecular weight is 346 g/mol. The van der Waals surface area contributed by atoms with E-state index in [1.165, 1.54) is 0 Å². The van der Waals surface area contributed by atoms with E-state index in [1.54, 1.807) is 18.2 Å². The quantitative estimate of drug-likeness (QED) is 0.896. The second-order valence-electron chi connectivity index (χ2n) is 5.66. The van der Waals surface area contributed by atoms with Crippen LogP contribution < -0.4 is 5.73 Å². The van der Waals surface area contributed by atoms with Gasteiger partial charge in [-0.3, -0.25) is 0 Å². The van der Waals surface area contributed by atoms with Crippen LogP contribution in [0.1, 0.15) is 26.7 Å². The van der Waals surface area contributed by atoms with E-state index in [9.17, 15) is 8.42 Å². The molecule has 0 aromatic heterocycles. The van der Waals surface area contributed by atoms with E-state index in [2.05, 4.69) is 22.9 Å². The molecular formula is C14H20BrNO2S. The lowest BCUT2D eigenvalue weighted by molar-refractivity contribution is 0.271. The molecule has 0 bridgehead atoms. The van der Waals surface area contributed by atoms with Crippen molar-refractivity contribution in [2.45, 2.75) is 42.9 Å². The monoisotopic (exact) mass is 345 g/mol. The highest BCUT2D eigenvalue weighted by atomic mass is 79.9. The van der Waals surface area contributed by atoms with E-state index >= 15 is 0 Å². The molecule has 1 saturated carbocycles. The number of sulfone groups is 1. The first-order valence-electron chi connectivity index (χ1n) is 6.58. The largest absolute Gasteiger partial charge is 0.326 e. The van der Waals surface area contributed by atoms with E-state index < -0.39 is 15.1 Å². The zero-order chi connectivity index (χ0) is 14.2. The summed E-state index contributed by atoms with van der Waals surface area (Å²) < 4.78 is 26.3. The molecule has 1 aromatic rings. The third-order valence-corrected chi connectivity index (χ3v) is 7.39. The standard InChI is InChI=1S/C14H20BrNO2S/c1-9-7-10(2)14(12(16)8-9)19(17,18)13-6-4-3-5-11(13)15/h3-6,9-10,12,14H,7-8,16H2,1-2H3. The minimum Gasteiger partial charge on any atom is -0.326 e. The maximum atomic E-state index is 12.8. The van der Waals surface area contributed by atoms with Crippen molar-refractivity contribution in [1.29, 1.82) is 0 Å². The Balaban J connectivity index is 2.42. The van der Waals surface area contributed by atoms with Gasteiger partial charge in [-0.05, 0) is 52.7 Å². The highest BCUT2D eigenvalue weighted by Gasteiger charge is 2.41. The lowest BCUT2D eigenvalue weighted by atomic mass is 9.80. The molecule has 0 heterocycles. The molecule has 1 aromatic carbocycles. The molecule has 1 fully saturated rings. The van der Waals surface area contributed by atoms with Gasteiger partial charge in [-0.2, -0.15) is 0 Å². The molecule has 4 atom stereocenters. The minimum atomic E-state index is -3.39. The lowest BCUT2D eigenvalue weighted by Crippen LogP contribution is -2.49. The number of rotatable bonds is 2. The normalized spacial score (nSPS) is 32.2. The molecule has 1 aliphatic rings. The van der Waals surface area contributed by atoms with Gasteiger partial charge in [-0.15, -0.1) is 0 Å². The summed E-state index contributed by atoms with van der Waals surface area (Å²) in [6.07, 6.45) is 1.70. The molecule has 1 aliphatic carbocycles. The van der Waals surface area contributed by atoms with Crippen LogP contribution in [0.4, 0.5) is 0 Å². The molecule has 0 amide bonds. The van der Waals surface area contributed by atoms with Crippen molar-refractivity contribution < 1.29 is 8.42 Å². The number of halogens is 1. The van der Waals surface area contributed by atoms with Crippen LogP contribution in [0.15, 0.2) is 33.6 Å². The second kappa shape index (κ2) is 5.54. The maximum Gasteiger partial charge on any atom is 0.184 e. The Bertz CT molecular complexity index is 546. The molecule has 5 heteroatoms. The summed E-state index contributed by atoms with van der Waals surface area (Å²) in [6, 6.07) is 6.69. The van der Waals surface area contributed by atoms with Gasteiger partial charge in [0.25, 0.3) is 0 Å². The van der Waals surface area contributed by atoms with Gasteiger partial charge in [0.05, 0.1) is 10.1 Å². The van der Waals surface area contributed by atoms with Crippen molar-refractivity contribution in [2.75, 3.05) is 0 Å². The van der Waals surface area contributed by atoms with Gasteiger partial charge in [0.2, 0.25) is 0 Å². The van der Waals surface area contributed by atoms with Crippen LogP contribution in [-0.4, -0.2) is 19.7 Å². The third-order valence-electron chi connectivity index (χ3n) is 3.93. The fourth-order valence-corrected chi connectivity index (χ4v) is 6.40. The number of hydrogen-bond donors (Lipinski definition) is 1. The second-order valence-corrected chi connectivity index (χ2v) is 8.59. The molecule has 0 radical (unpaired) electrons. The van der Waals surface area contributed by atoms with E-state index in [4.69, 9.17) is 5.73 Å². The van der Waals surface area contributed by atoms with Crippen LogP contribution in [-0.2, 0) is 9.84 Å². The van der Waals surface area contributed by atoms with Crippen LogP contribution in [0.5, 0.6) is 0 Å². The summed E-state index contributed by atoms with van der Waals surface area (Å²) in [5.74, 6) is 0.589. The van der Waals surface area contributed by atoms with Crippen molar-refractivity contribution in [3.05, 3.63) is 28.7 Å². The Morgan fingerprint density at radius 2 is 1.84 bits per heavy atom. The predicted octanol–water partition coefficient (Wildman–Crippen LogP) is 2.98. The van der Waals surface area contributed by atoms with Crippen LogP contribution in [0.3, 0.4) is 0 Å². The van der Waals surface area contributed by atoms with Gasteiger partial charge in [0.1, 0.15) is 0 Å². The topological polar surface area (TPSA) is 60.2 Å². The fourth-order valence-electron chi connectivity index (χ4n) is 3.24. The minimum absolute atomic E-state index is 0.0934. The Labute approximate surface area is 123 Å². The molecule has 2 N–H and O–H groups in total. The zero-order valence-electron chi connectivity index (χ0n) is 11.2. The number of nitrogens with two attached hydrogens (primary N) is 1.